The van der Waals surface area contributed by atoms with E-state index >= 15 is 0 Å². The number of hydrogen-bond acceptors (Lipinski definition) is 4. The quantitative estimate of drug-likeness (QED) is 0.752. The van der Waals surface area contributed by atoms with Gasteiger partial charge in [-0.2, -0.15) is 0 Å². The van der Waals surface area contributed by atoms with Gasteiger partial charge in [-0.3, -0.25) is 4.79 Å². The molecule has 0 aliphatic carbocycles. The third-order valence-corrected chi connectivity index (χ3v) is 4.55. The van der Waals surface area contributed by atoms with Gasteiger partial charge in [0.1, 0.15) is 5.56 Å². The van der Waals surface area contributed by atoms with Crippen LogP contribution in [-0.4, -0.2) is 24.0 Å². The molecule has 3 rings (SSSR count). The standard InChI is InChI=1S/C18H18N2O2S/c1-2-22-18-15(7-5-10-20-18)17(21)19-11-9-13-12-23-16-8-4-3-6-14(13)16/h3-8,10,12H,2,9,11H2,1H3,(H,19,21). The van der Waals surface area contributed by atoms with Crippen molar-refractivity contribution in [1.29, 1.82) is 0 Å². The Hall–Kier alpha value is -2.40. The maximum atomic E-state index is 12.3. The molecule has 4 nitrogen and oxygen atoms in total. The molecular formula is C18H18N2O2S. The van der Waals surface area contributed by atoms with Gasteiger partial charge in [-0.15, -0.1) is 11.3 Å². The normalized spacial score (nSPS) is 10.7. The largest absolute Gasteiger partial charge is 0.477 e. The van der Waals surface area contributed by atoms with Gasteiger partial charge < -0.3 is 10.1 Å². The van der Waals surface area contributed by atoms with Crippen molar-refractivity contribution in [3.63, 3.8) is 0 Å². The summed E-state index contributed by atoms with van der Waals surface area (Å²) in [6, 6.07) is 11.8. The van der Waals surface area contributed by atoms with Gasteiger partial charge in [0, 0.05) is 17.4 Å². The third-order valence-electron chi connectivity index (χ3n) is 3.54. The zero-order valence-electron chi connectivity index (χ0n) is 12.9. The van der Waals surface area contributed by atoms with E-state index in [0.717, 1.165) is 6.42 Å². The highest BCUT2D eigenvalue weighted by Crippen LogP contribution is 2.25. The van der Waals surface area contributed by atoms with Crippen LogP contribution in [0.4, 0.5) is 0 Å². The first-order valence-electron chi connectivity index (χ1n) is 7.60. The first-order valence-corrected chi connectivity index (χ1v) is 8.48. The molecule has 1 N–H and O–H groups in total. The van der Waals surface area contributed by atoms with E-state index in [0.29, 0.717) is 24.6 Å². The van der Waals surface area contributed by atoms with Crippen molar-refractivity contribution in [3.8, 4) is 5.88 Å². The number of nitrogens with one attached hydrogen (secondary N) is 1. The highest BCUT2D eigenvalue weighted by atomic mass is 32.1. The number of rotatable bonds is 6. The highest BCUT2D eigenvalue weighted by molar-refractivity contribution is 7.17. The molecule has 3 aromatic rings. The number of fused-ring (bicyclic) bond motifs is 1. The number of pyridine rings is 1. The summed E-state index contributed by atoms with van der Waals surface area (Å²) in [5.41, 5.74) is 1.74. The average Bonchev–Trinajstić information content (AvgIpc) is 2.99. The molecule has 0 saturated heterocycles. The lowest BCUT2D eigenvalue weighted by Gasteiger charge is -2.09. The van der Waals surface area contributed by atoms with E-state index in [2.05, 4.69) is 27.8 Å². The van der Waals surface area contributed by atoms with E-state index in [1.807, 2.05) is 19.1 Å². The summed E-state index contributed by atoms with van der Waals surface area (Å²) in [6.45, 7) is 2.94. The molecule has 0 unspecified atom stereocenters. The van der Waals surface area contributed by atoms with Gasteiger partial charge in [-0.1, -0.05) is 18.2 Å². The van der Waals surface area contributed by atoms with Gasteiger partial charge in [-0.05, 0) is 47.9 Å². The van der Waals surface area contributed by atoms with E-state index in [4.69, 9.17) is 4.74 Å². The van der Waals surface area contributed by atoms with E-state index < -0.39 is 0 Å². The van der Waals surface area contributed by atoms with Gasteiger partial charge >= 0.3 is 0 Å². The van der Waals surface area contributed by atoms with Crippen molar-refractivity contribution in [3.05, 3.63) is 59.1 Å². The summed E-state index contributed by atoms with van der Waals surface area (Å²) >= 11 is 1.74. The molecule has 0 aliphatic heterocycles. The Balaban J connectivity index is 1.63. The number of thiophene rings is 1. The van der Waals surface area contributed by atoms with Crippen LogP contribution in [0.5, 0.6) is 5.88 Å². The molecule has 2 aromatic heterocycles. The lowest BCUT2D eigenvalue weighted by atomic mass is 10.1. The zero-order valence-corrected chi connectivity index (χ0v) is 13.7. The van der Waals surface area contributed by atoms with Gasteiger partial charge in [-0.25, -0.2) is 4.98 Å². The van der Waals surface area contributed by atoms with Crippen LogP contribution in [0.25, 0.3) is 10.1 Å². The fourth-order valence-corrected chi connectivity index (χ4v) is 3.44. The molecular weight excluding hydrogens is 308 g/mol. The molecule has 118 valence electrons. The minimum absolute atomic E-state index is 0.152. The summed E-state index contributed by atoms with van der Waals surface area (Å²) in [4.78, 5) is 16.4. The molecule has 0 saturated carbocycles. The molecule has 0 aliphatic rings. The number of hydrogen-bond donors (Lipinski definition) is 1. The number of carbonyl (C=O) groups is 1. The second-order valence-corrected chi connectivity index (χ2v) is 5.96. The van der Waals surface area contributed by atoms with Crippen molar-refractivity contribution in [2.75, 3.05) is 13.2 Å². The molecule has 23 heavy (non-hydrogen) atoms. The Bertz CT molecular complexity index is 813. The average molecular weight is 326 g/mol. The molecule has 0 fully saturated rings. The molecule has 2 heterocycles. The van der Waals surface area contributed by atoms with Gasteiger partial charge in [0.2, 0.25) is 5.88 Å². The summed E-state index contributed by atoms with van der Waals surface area (Å²) in [6.07, 6.45) is 2.43. The van der Waals surface area contributed by atoms with Crippen LogP contribution in [0.1, 0.15) is 22.8 Å². The van der Waals surface area contributed by atoms with E-state index in [1.54, 1.807) is 29.7 Å². The van der Waals surface area contributed by atoms with Gasteiger partial charge in [0.05, 0.1) is 6.61 Å². The Morgan fingerprint density at radius 3 is 3.00 bits per heavy atom. The second kappa shape index (κ2) is 7.24. The van der Waals surface area contributed by atoms with E-state index in [1.165, 1.54) is 15.6 Å². The highest BCUT2D eigenvalue weighted by Gasteiger charge is 2.13. The second-order valence-electron chi connectivity index (χ2n) is 5.05. The van der Waals surface area contributed by atoms with Crippen LogP contribution in [0.3, 0.4) is 0 Å². The van der Waals surface area contributed by atoms with E-state index in [-0.39, 0.29) is 5.91 Å². The SMILES string of the molecule is CCOc1ncccc1C(=O)NCCc1csc2ccccc12. The number of nitrogens with zero attached hydrogens (tertiary/aromatic N) is 1. The number of carbonyl (C=O) groups excluding carboxylic acids is 1. The van der Waals surface area contributed by atoms with Crippen molar-refractivity contribution in [1.82, 2.24) is 10.3 Å². The molecule has 0 atom stereocenters. The summed E-state index contributed by atoms with van der Waals surface area (Å²) < 4.78 is 6.68. The topological polar surface area (TPSA) is 51.2 Å². The molecule has 0 bridgehead atoms. The van der Waals surface area contributed by atoms with Gasteiger partial charge in [0.25, 0.3) is 5.91 Å². The van der Waals surface area contributed by atoms with Crippen LogP contribution in [0, 0.1) is 0 Å². The first-order chi connectivity index (χ1) is 11.3. The number of amides is 1. The lowest BCUT2D eigenvalue weighted by Crippen LogP contribution is -2.26. The first kappa shape index (κ1) is 15.5. The summed E-state index contributed by atoms with van der Waals surface area (Å²) in [7, 11) is 0. The van der Waals surface area contributed by atoms with Crippen molar-refractivity contribution in [2.24, 2.45) is 0 Å². The monoisotopic (exact) mass is 326 g/mol. The van der Waals surface area contributed by atoms with Crippen LogP contribution in [0.15, 0.2) is 48.0 Å². The zero-order chi connectivity index (χ0) is 16.1. The third kappa shape index (κ3) is 3.51. The minimum atomic E-state index is -0.152. The molecule has 1 amide bonds. The Morgan fingerprint density at radius 1 is 1.26 bits per heavy atom. The predicted molar refractivity (Wildman–Crippen MR) is 93.3 cm³/mol. The van der Waals surface area contributed by atoms with Crippen LogP contribution >= 0.6 is 11.3 Å². The Kier molecular flexibility index (Phi) is 4.88. The van der Waals surface area contributed by atoms with E-state index in [9.17, 15) is 4.79 Å². The molecule has 5 heteroatoms. The smallest absolute Gasteiger partial charge is 0.256 e. The van der Waals surface area contributed by atoms with Crippen molar-refractivity contribution in [2.45, 2.75) is 13.3 Å². The lowest BCUT2D eigenvalue weighted by molar-refractivity contribution is 0.0949. The number of benzene rings is 1. The predicted octanol–water partition coefficient (Wildman–Crippen LogP) is 3.67. The molecule has 0 spiro atoms. The maximum Gasteiger partial charge on any atom is 0.256 e. The van der Waals surface area contributed by atoms with Crippen molar-refractivity contribution >= 4 is 27.3 Å². The maximum absolute atomic E-state index is 12.3. The Labute approximate surface area is 139 Å². The molecule has 1 aromatic carbocycles. The molecule has 0 radical (unpaired) electrons. The summed E-state index contributed by atoms with van der Waals surface area (Å²) in [5, 5.41) is 6.37. The number of ether oxygens (including phenoxy) is 1. The fraction of sp³-hybridized carbons (Fsp3) is 0.222. The van der Waals surface area contributed by atoms with Crippen molar-refractivity contribution < 1.29 is 9.53 Å². The Morgan fingerprint density at radius 2 is 2.13 bits per heavy atom. The van der Waals surface area contributed by atoms with Crippen LogP contribution < -0.4 is 10.1 Å². The summed E-state index contributed by atoms with van der Waals surface area (Å²) in [5.74, 6) is 0.231. The van der Waals surface area contributed by atoms with Gasteiger partial charge in [0.15, 0.2) is 0 Å². The minimum Gasteiger partial charge on any atom is -0.477 e. The fourth-order valence-electron chi connectivity index (χ4n) is 2.45. The number of aromatic nitrogens is 1. The van der Waals surface area contributed by atoms with Crippen LogP contribution in [-0.2, 0) is 6.42 Å². The van der Waals surface area contributed by atoms with Crippen LogP contribution in [0.2, 0.25) is 0 Å².